The fourth-order valence-corrected chi connectivity index (χ4v) is 3.45. The van der Waals surface area contributed by atoms with Gasteiger partial charge in [-0.05, 0) is 29.3 Å². The quantitative estimate of drug-likeness (QED) is 0.492. The number of carbonyl (C=O) groups excluding carboxylic acids is 1. The van der Waals surface area contributed by atoms with Crippen LogP contribution in [0.4, 0.5) is 0 Å². The molecule has 1 aliphatic heterocycles. The Balaban J connectivity index is 2.07. The van der Waals surface area contributed by atoms with Crippen molar-refractivity contribution >= 4 is 51.1 Å². The molecule has 3 nitrogen and oxygen atoms in total. The smallest absolute Gasteiger partial charge is 0.263 e. The number of hydrogen-bond acceptors (Lipinski definition) is 4. The second-order valence-electron chi connectivity index (χ2n) is 5.25. The van der Waals surface area contributed by atoms with Gasteiger partial charge < -0.3 is 10.1 Å². The summed E-state index contributed by atoms with van der Waals surface area (Å²) in [5.41, 5.74) is 0.932. The number of amides is 1. The molecule has 0 aromatic heterocycles. The molecule has 3 rings (SSSR count). The first-order valence-electron chi connectivity index (χ1n) is 7.58. The van der Waals surface area contributed by atoms with Crippen LogP contribution in [0.1, 0.15) is 25.3 Å². The van der Waals surface area contributed by atoms with E-state index in [4.69, 9.17) is 17.0 Å². The van der Waals surface area contributed by atoms with E-state index in [0.29, 0.717) is 15.8 Å². The summed E-state index contributed by atoms with van der Waals surface area (Å²) in [7, 11) is 0. The topological polar surface area (TPSA) is 38.3 Å². The Labute approximate surface area is 145 Å². The van der Waals surface area contributed by atoms with Gasteiger partial charge in [-0.25, -0.2) is 0 Å². The van der Waals surface area contributed by atoms with E-state index in [9.17, 15) is 4.79 Å². The molecule has 0 spiro atoms. The first-order valence-corrected chi connectivity index (χ1v) is 8.81. The standard InChI is InChI=1S/C18H17NO2S2/c1-2-3-10-21-15-9-8-12-6-4-5-7-13(12)14(15)11-16-17(20)19-18(22)23-16/h4-9,11H,2-3,10H2,1H3,(H,19,20,22)/b16-11-. The van der Waals surface area contributed by atoms with E-state index in [1.807, 2.05) is 36.4 Å². The number of hydrogen-bond donors (Lipinski definition) is 1. The van der Waals surface area contributed by atoms with Crippen molar-refractivity contribution in [2.75, 3.05) is 6.61 Å². The van der Waals surface area contributed by atoms with Crippen LogP contribution in [0.2, 0.25) is 0 Å². The fraction of sp³-hybridized carbons (Fsp3) is 0.222. The molecule has 0 saturated carbocycles. The molecule has 1 N–H and O–H groups in total. The Bertz CT molecular complexity index is 799. The van der Waals surface area contributed by atoms with E-state index >= 15 is 0 Å². The third-order valence-electron chi connectivity index (χ3n) is 3.60. The van der Waals surface area contributed by atoms with Gasteiger partial charge in [0, 0.05) is 5.56 Å². The minimum atomic E-state index is -0.146. The summed E-state index contributed by atoms with van der Waals surface area (Å²) in [6.45, 7) is 2.80. The van der Waals surface area contributed by atoms with Gasteiger partial charge in [0.25, 0.3) is 5.91 Å². The number of thiocarbonyl (C=S) groups is 1. The molecule has 1 fully saturated rings. The van der Waals surface area contributed by atoms with Crippen LogP contribution in [0, 0.1) is 0 Å². The zero-order valence-electron chi connectivity index (χ0n) is 12.8. The summed E-state index contributed by atoms with van der Waals surface area (Å²) in [5, 5.41) is 4.84. The maximum Gasteiger partial charge on any atom is 0.263 e. The highest BCUT2D eigenvalue weighted by atomic mass is 32.2. The van der Waals surface area contributed by atoms with Crippen molar-refractivity contribution in [2.45, 2.75) is 19.8 Å². The molecule has 0 unspecified atom stereocenters. The van der Waals surface area contributed by atoms with E-state index in [2.05, 4.69) is 18.3 Å². The molecule has 0 aliphatic carbocycles. The maximum atomic E-state index is 12.0. The van der Waals surface area contributed by atoms with Crippen molar-refractivity contribution in [3.63, 3.8) is 0 Å². The number of fused-ring (bicyclic) bond motifs is 1. The van der Waals surface area contributed by atoms with Crippen molar-refractivity contribution in [1.29, 1.82) is 0 Å². The van der Waals surface area contributed by atoms with Crippen molar-refractivity contribution in [1.82, 2.24) is 5.32 Å². The van der Waals surface area contributed by atoms with Crippen LogP contribution >= 0.6 is 24.0 Å². The molecule has 0 radical (unpaired) electrons. The summed E-state index contributed by atoms with van der Waals surface area (Å²) < 4.78 is 6.43. The molecule has 1 amide bonds. The van der Waals surface area contributed by atoms with Gasteiger partial charge in [0.2, 0.25) is 0 Å². The van der Waals surface area contributed by atoms with E-state index in [1.54, 1.807) is 0 Å². The molecule has 1 saturated heterocycles. The van der Waals surface area contributed by atoms with Gasteiger partial charge in [-0.2, -0.15) is 0 Å². The highest BCUT2D eigenvalue weighted by Gasteiger charge is 2.23. The van der Waals surface area contributed by atoms with Crippen molar-refractivity contribution in [3.05, 3.63) is 46.9 Å². The summed E-state index contributed by atoms with van der Waals surface area (Å²) in [4.78, 5) is 12.6. The van der Waals surface area contributed by atoms with Crippen LogP contribution in [0.3, 0.4) is 0 Å². The molecular weight excluding hydrogens is 326 g/mol. The van der Waals surface area contributed by atoms with Crippen LogP contribution in [0.15, 0.2) is 41.3 Å². The van der Waals surface area contributed by atoms with E-state index in [0.717, 1.165) is 34.9 Å². The summed E-state index contributed by atoms with van der Waals surface area (Å²) in [6.07, 6.45) is 3.96. The van der Waals surface area contributed by atoms with Gasteiger partial charge >= 0.3 is 0 Å². The molecular formula is C18H17NO2S2. The molecule has 118 valence electrons. The number of benzene rings is 2. The second-order valence-corrected chi connectivity index (χ2v) is 6.97. The lowest BCUT2D eigenvalue weighted by Crippen LogP contribution is -2.17. The van der Waals surface area contributed by atoms with Crippen LogP contribution in [-0.4, -0.2) is 16.8 Å². The Morgan fingerprint density at radius 3 is 2.83 bits per heavy atom. The number of ether oxygens (including phenoxy) is 1. The number of nitrogens with one attached hydrogen (secondary N) is 1. The lowest BCUT2D eigenvalue weighted by Gasteiger charge is -2.12. The van der Waals surface area contributed by atoms with Gasteiger partial charge in [0.15, 0.2) is 0 Å². The molecule has 0 bridgehead atoms. The molecule has 5 heteroatoms. The first kappa shape index (κ1) is 16.0. The van der Waals surface area contributed by atoms with Gasteiger partial charge in [0.1, 0.15) is 10.1 Å². The number of rotatable bonds is 5. The van der Waals surface area contributed by atoms with Crippen LogP contribution in [-0.2, 0) is 4.79 Å². The van der Waals surface area contributed by atoms with E-state index in [-0.39, 0.29) is 5.91 Å². The lowest BCUT2D eigenvalue weighted by molar-refractivity contribution is -0.115. The zero-order chi connectivity index (χ0) is 16.2. The fourth-order valence-electron chi connectivity index (χ4n) is 2.43. The highest BCUT2D eigenvalue weighted by molar-refractivity contribution is 8.26. The average Bonchev–Trinajstić information content (AvgIpc) is 2.87. The summed E-state index contributed by atoms with van der Waals surface area (Å²) in [6, 6.07) is 12.1. The third-order valence-corrected chi connectivity index (χ3v) is 4.77. The predicted octanol–water partition coefficient (Wildman–Crippen LogP) is 4.51. The maximum absolute atomic E-state index is 12.0. The van der Waals surface area contributed by atoms with Crippen LogP contribution in [0.25, 0.3) is 16.8 Å². The molecule has 2 aromatic rings. The van der Waals surface area contributed by atoms with E-state index in [1.165, 1.54) is 11.8 Å². The molecule has 1 heterocycles. The Morgan fingerprint density at radius 1 is 1.26 bits per heavy atom. The average molecular weight is 343 g/mol. The molecule has 23 heavy (non-hydrogen) atoms. The SMILES string of the molecule is CCCCOc1ccc2ccccc2c1/C=C1\SC(=S)NC1=O. The Hall–Kier alpha value is -1.85. The Kier molecular flexibility index (Phi) is 4.98. The Morgan fingerprint density at radius 2 is 2.09 bits per heavy atom. The number of unbranched alkanes of at least 4 members (excludes halogenated alkanes) is 1. The predicted molar refractivity (Wildman–Crippen MR) is 101 cm³/mol. The summed E-state index contributed by atoms with van der Waals surface area (Å²) >= 11 is 6.35. The summed E-state index contributed by atoms with van der Waals surface area (Å²) in [5.74, 6) is 0.656. The van der Waals surface area contributed by atoms with Crippen LogP contribution in [0.5, 0.6) is 5.75 Å². The minimum absolute atomic E-state index is 0.146. The molecule has 1 aliphatic rings. The number of carbonyl (C=O) groups is 1. The number of thioether (sulfide) groups is 1. The van der Waals surface area contributed by atoms with Gasteiger partial charge in [-0.15, -0.1) is 0 Å². The van der Waals surface area contributed by atoms with Gasteiger partial charge in [0.05, 0.1) is 11.5 Å². The highest BCUT2D eigenvalue weighted by Crippen LogP contribution is 2.34. The van der Waals surface area contributed by atoms with E-state index < -0.39 is 0 Å². The van der Waals surface area contributed by atoms with Crippen molar-refractivity contribution in [2.24, 2.45) is 0 Å². The largest absolute Gasteiger partial charge is 0.493 e. The molecule has 2 aromatic carbocycles. The zero-order valence-corrected chi connectivity index (χ0v) is 14.4. The van der Waals surface area contributed by atoms with Crippen LogP contribution < -0.4 is 10.1 Å². The molecule has 0 atom stereocenters. The normalized spacial score (nSPS) is 16.1. The minimum Gasteiger partial charge on any atom is -0.493 e. The lowest BCUT2D eigenvalue weighted by atomic mass is 10.0. The first-order chi connectivity index (χ1) is 11.2. The van der Waals surface area contributed by atoms with Gasteiger partial charge in [-0.1, -0.05) is 67.7 Å². The second kappa shape index (κ2) is 7.15. The van der Waals surface area contributed by atoms with Crippen molar-refractivity contribution < 1.29 is 9.53 Å². The third kappa shape index (κ3) is 3.57. The van der Waals surface area contributed by atoms with Crippen molar-refractivity contribution in [3.8, 4) is 5.75 Å². The van der Waals surface area contributed by atoms with Gasteiger partial charge in [-0.3, -0.25) is 4.79 Å². The monoisotopic (exact) mass is 343 g/mol.